The van der Waals surface area contributed by atoms with Gasteiger partial charge in [0.2, 0.25) is 0 Å². The Morgan fingerprint density at radius 1 is 0.356 bits per heavy atom. The first-order valence-corrected chi connectivity index (χ1v) is 24.2. The Morgan fingerprint density at radius 2 is 0.661 bits per heavy atom. The fourth-order valence-electron chi connectivity index (χ4n) is 6.39. The largest absolute Gasteiger partial charge is 0.462 e. The summed E-state index contributed by atoms with van der Waals surface area (Å²) in [6.45, 7) is 6.40. The monoisotopic (exact) mass is 821 g/mol. The Balaban J connectivity index is 4.44. The number of unbranched alkanes of at least 4 members (excludes halogenated alkanes) is 22. The fourth-order valence-corrected chi connectivity index (χ4v) is 6.39. The second kappa shape index (κ2) is 47.3. The van der Waals surface area contributed by atoms with Gasteiger partial charge in [-0.25, -0.2) is 0 Å². The number of carbonyl (C=O) groups is 3. The first-order chi connectivity index (χ1) is 29.0. The van der Waals surface area contributed by atoms with Gasteiger partial charge in [0.1, 0.15) is 13.2 Å². The summed E-state index contributed by atoms with van der Waals surface area (Å²) in [5, 5.41) is 0. The van der Waals surface area contributed by atoms with Crippen molar-refractivity contribution in [1.82, 2.24) is 0 Å². The van der Waals surface area contributed by atoms with E-state index in [1.807, 2.05) is 0 Å². The summed E-state index contributed by atoms with van der Waals surface area (Å²) in [7, 11) is 0. The van der Waals surface area contributed by atoms with Crippen LogP contribution in [-0.2, 0) is 28.6 Å². The van der Waals surface area contributed by atoms with Gasteiger partial charge in [0.05, 0.1) is 0 Å². The van der Waals surface area contributed by atoms with Gasteiger partial charge in [-0.05, 0) is 64.2 Å². The van der Waals surface area contributed by atoms with E-state index in [1.54, 1.807) is 0 Å². The zero-order chi connectivity index (χ0) is 43.0. The maximum absolute atomic E-state index is 12.7. The Morgan fingerprint density at radius 3 is 1.07 bits per heavy atom. The van der Waals surface area contributed by atoms with E-state index < -0.39 is 6.10 Å². The van der Waals surface area contributed by atoms with Crippen LogP contribution in [0.1, 0.15) is 213 Å². The van der Waals surface area contributed by atoms with Gasteiger partial charge < -0.3 is 14.2 Å². The number of hydrogen-bond donors (Lipinski definition) is 0. The average molecular weight is 821 g/mol. The second-order valence-corrected chi connectivity index (χ2v) is 15.8. The molecule has 1 unspecified atom stereocenters. The lowest BCUT2D eigenvalue weighted by Crippen LogP contribution is -2.30. The Labute approximate surface area is 363 Å². The van der Waals surface area contributed by atoms with E-state index in [1.165, 1.54) is 64.2 Å². The SMILES string of the molecule is CC\C=C/C=C\C=C/CCCCCCCC(=O)OC(COC(=O)CCCCCCC\C=C/C=C\C=C/C=C\CCCCC)COC(=O)CCCCCCCCCCCC. The number of ether oxygens (including phenoxy) is 3. The number of esters is 3. The average Bonchev–Trinajstić information content (AvgIpc) is 3.23. The zero-order valence-electron chi connectivity index (χ0n) is 38.2. The molecule has 336 valence electrons. The molecule has 0 aliphatic heterocycles. The predicted molar refractivity (Wildman–Crippen MR) is 251 cm³/mol. The van der Waals surface area contributed by atoms with Crippen LogP contribution < -0.4 is 0 Å². The molecule has 0 aliphatic rings. The molecule has 1 atom stereocenters. The van der Waals surface area contributed by atoms with E-state index >= 15 is 0 Å². The third kappa shape index (κ3) is 45.5. The smallest absolute Gasteiger partial charge is 0.306 e. The van der Waals surface area contributed by atoms with Crippen LogP contribution in [0.4, 0.5) is 0 Å². The molecule has 0 spiro atoms. The van der Waals surface area contributed by atoms with Crippen LogP contribution in [0.2, 0.25) is 0 Å². The van der Waals surface area contributed by atoms with E-state index in [0.29, 0.717) is 19.3 Å². The van der Waals surface area contributed by atoms with Crippen molar-refractivity contribution >= 4 is 17.9 Å². The Kier molecular flexibility index (Phi) is 44.5. The molecule has 0 saturated carbocycles. The Bertz CT molecular complexity index is 1170. The molecule has 0 amide bonds. The van der Waals surface area contributed by atoms with E-state index in [2.05, 4.69) is 106 Å². The predicted octanol–water partition coefficient (Wildman–Crippen LogP) is 15.6. The van der Waals surface area contributed by atoms with Gasteiger partial charge in [-0.15, -0.1) is 0 Å². The van der Waals surface area contributed by atoms with Crippen molar-refractivity contribution in [3.63, 3.8) is 0 Å². The van der Waals surface area contributed by atoms with Crippen molar-refractivity contribution in [1.29, 1.82) is 0 Å². The molecule has 0 aromatic rings. The quantitative estimate of drug-likeness (QED) is 0.0264. The Hall–Kier alpha value is -3.41. The van der Waals surface area contributed by atoms with E-state index in [9.17, 15) is 14.4 Å². The van der Waals surface area contributed by atoms with E-state index in [0.717, 1.165) is 109 Å². The van der Waals surface area contributed by atoms with Crippen LogP contribution in [0.15, 0.2) is 85.1 Å². The summed E-state index contributed by atoms with van der Waals surface area (Å²) in [5.41, 5.74) is 0. The van der Waals surface area contributed by atoms with Crippen molar-refractivity contribution in [2.45, 2.75) is 219 Å². The van der Waals surface area contributed by atoms with Crippen molar-refractivity contribution in [3.8, 4) is 0 Å². The molecule has 0 rings (SSSR count). The van der Waals surface area contributed by atoms with Crippen LogP contribution in [0.25, 0.3) is 0 Å². The molecule has 0 aliphatic carbocycles. The first-order valence-electron chi connectivity index (χ1n) is 24.2. The summed E-state index contributed by atoms with van der Waals surface area (Å²) in [6.07, 6.45) is 59.9. The van der Waals surface area contributed by atoms with Crippen LogP contribution in [0.5, 0.6) is 0 Å². The maximum atomic E-state index is 12.7. The lowest BCUT2D eigenvalue weighted by atomic mass is 10.1. The standard InChI is InChI=1S/C53H88O6/c1-4-7-10-13-16-19-22-24-25-26-27-28-30-31-34-37-40-43-46-52(55)58-49-50(48-57-51(54)45-42-39-36-33-21-18-15-12-9-6-3)59-53(56)47-44-41-38-35-32-29-23-20-17-14-11-8-5-2/h8,11,14,16-17,19-20,22-28,50H,4-7,9-10,12-13,15,18,21,29-49H2,1-3H3/b11-8-,17-14-,19-16-,23-20-,24-22-,26-25-,28-27-. The van der Waals surface area contributed by atoms with Gasteiger partial charge in [-0.1, -0.05) is 215 Å². The molecule has 0 bridgehead atoms. The summed E-state index contributed by atoms with van der Waals surface area (Å²) in [5.74, 6) is -0.943. The van der Waals surface area contributed by atoms with Gasteiger partial charge >= 0.3 is 17.9 Å². The topological polar surface area (TPSA) is 78.9 Å². The minimum Gasteiger partial charge on any atom is -0.462 e. The lowest BCUT2D eigenvalue weighted by molar-refractivity contribution is -0.167. The van der Waals surface area contributed by atoms with Gasteiger partial charge in [0, 0.05) is 19.3 Å². The van der Waals surface area contributed by atoms with Gasteiger partial charge in [-0.2, -0.15) is 0 Å². The normalized spacial score (nSPS) is 12.8. The molecule has 6 nitrogen and oxygen atoms in total. The summed E-state index contributed by atoms with van der Waals surface area (Å²) >= 11 is 0. The third-order valence-corrected chi connectivity index (χ3v) is 10.0. The van der Waals surface area contributed by atoms with Gasteiger partial charge in [-0.3, -0.25) is 14.4 Å². The molecule has 0 aromatic heterocycles. The van der Waals surface area contributed by atoms with Crippen LogP contribution in [0.3, 0.4) is 0 Å². The van der Waals surface area contributed by atoms with Crippen LogP contribution in [0, 0.1) is 0 Å². The maximum Gasteiger partial charge on any atom is 0.306 e. The molecule has 0 saturated heterocycles. The van der Waals surface area contributed by atoms with Crippen LogP contribution in [-0.4, -0.2) is 37.2 Å². The molecule has 0 fully saturated rings. The minimum absolute atomic E-state index is 0.0926. The highest BCUT2D eigenvalue weighted by Crippen LogP contribution is 2.14. The summed E-state index contributed by atoms with van der Waals surface area (Å²) in [6, 6.07) is 0. The highest BCUT2D eigenvalue weighted by molar-refractivity contribution is 5.71. The van der Waals surface area contributed by atoms with Gasteiger partial charge in [0.25, 0.3) is 0 Å². The van der Waals surface area contributed by atoms with Crippen molar-refractivity contribution in [2.24, 2.45) is 0 Å². The van der Waals surface area contributed by atoms with E-state index in [-0.39, 0.29) is 31.1 Å². The number of allylic oxidation sites excluding steroid dienone is 14. The van der Waals surface area contributed by atoms with Crippen molar-refractivity contribution in [3.05, 3.63) is 85.1 Å². The molecular formula is C53H88O6. The second-order valence-electron chi connectivity index (χ2n) is 15.8. The number of carbonyl (C=O) groups excluding carboxylic acids is 3. The highest BCUT2D eigenvalue weighted by Gasteiger charge is 2.19. The molecule has 6 heteroatoms. The number of hydrogen-bond acceptors (Lipinski definition) is 6. The third-order valence-electron chi connectivity index (χ3n) is 10.0. The van der Waals surface area contributed by atoms with Crippen molar-refractivity contribution in [2.75, 3.05) is 13.2 Å². The van der Waals surface area contributed by atoms with E-state index in [4.69, 9.17) is 14.2 Å². The molecule has 0 heterocycles. The molecule has 0 aromatic carbocycles. The number of rotatable bonds is 42. The minimum atomic E-state index is -0.794. The molecule has 0 radical (unpaired) electrons. The molecular weight excluding hydrogens is 733 g/mol. The summed E-state index contributed by atoms with van der Waals surface area (Å²) in [4.78, 5) is 37.8. The van der Waals surface area contributed by atoms with Crippen molar-refractivity contribution < 1.29 is 28.6 Å². The highest BCUT2D eigenvalue weighted by atomic mass is 16.6. The zero-order valence-corrected chi connectivity index (χ0v) is 38.2. The fraction of sp³-hybridized carbons (Fsp3) is 0.679. The molecule has 59 heavy (non-hydrogen) atoms. The van der Waals surface area contributed by atoms with Crippen LogP contribution >= 0.6 is 0 Å². The summed E-state index contributed by atoms with van der Waals surface area (Å²) < 4.78 is 16.7. The molecule has 0 N–H and O–H groups in total. The van der Waals surface area contributed by atoms with Gasteiger partial charge in [0.15, 0.2) is 6.10 Å². The first kappa shape index (κ1) is 55.6. The lowest BCUT2D eigenvalue weighted by Gasteiger charge is -2.18.